The molecule has 1 fully saturated rings. The molecule has 1 saturated heterocycles. The van der Waals surface area contributed by atoms with Crippen molar-refractivity contribution in [3.63, 3.8) is 0 Å². The lowest BCUT2D eigenvalue weighted by molar-refractivity contribution is -0.128. The van der Waals surface area contributed by atoms with Crippen LogP contribution in [0.2, 0.25) is 0 Å². The van der Waals surface area contributed by atoms with Crippen LogP contribution in [-0.4, -0.2) is 47.1 Å². The molecule has 1 atom stereocenters. The molecule has 2 aromatic carbocycles. The van der Waals surface area contributed by atoms with Crippen LogP contribution >= 0.6 is 0 Å². The van der Waals surface area contributed by atoms with Gasteiger partial charge < -0.3 is 25.1 Å². The van der Waals surface area contributed by atoms with Gasteiger partial charge >= 0.3 is 6.03 Å². The third-order valence-corrected chi connectivity index (χ3v) is 5.94. The quantitative estimate of drug-likeness (QED) is 0.458. The molecule has 0 radical (unpaired) electrons. The molecule has 3 N–H and O–H groups in total. The van der Waals surface area contributed by atoms with Crippen molar-refractivity contribution < 1.29 is 23.9 Å². The molecule has 0 aliphatic carbocycles. The predicted molar refractivity (Wildman–Crippen MR) is 120 cm³/mol. The highest BCUT2D eigenvalue weighted by atomic mass is 16.7. The number of H-pyrrole nitrogens is 1. The number of aromatic nitrogens is 1. The summed E-state index contributed by atoms with van der Waals surface area (Å²) in [5.74, 6) is 0.764. The molecule has 1 aromatic heterocycles. The number of amides is 4. The van der Waals surface area contributed by atoms with Crippen LogP contribution in [0.5, 0.6) is 11.5 Å². The van der Waals surface area contributed by atoms with Gasteiger partial charge in [0.05, 0.1) is 6.54 Å². The van der Waals surface area contributed by atoms with Crippen LogP contribution in [0.25, 0.3) is 10.9 Å². The largest absolute Gasteiger partial charge is 0.454 e. The molecule has 2 aliphatic heterocycles. The molecule has 9 heteroatoms. The van der Waals surface area contributed by atoms with Crippen molar-refractivity contribution in [2.45, 2.75) is 31.8 Å². The van der Waals surface area contributed by atoms with Crippen LogP contribution < -0.4 is 20.1 Å². The fraction of sp³-hybridized carbons (Fsp3) is 0.292. The highest BCUT2D eigenvalue weighted by Crippen LogP contribution is 2.33. The Morgan fingerprint density at radius 3 is 2.88 bits per heavy atom. The Hall–Kier alpha value is -4.01. The van der Waals surface area contributed by atoms with Crippen molar-refractivity contribution in [3.05, 3.63) is 59.8 Å². The molecule has 3 heterocycles. The van der Waals surface area contributed by atoms with E-state index in [9.17, 15) is 14.4 Å². The van der Waals surface area contributed by atoms with E-state index in [0.717, 1.165) is 26.9 Å². The second-order valence-corrected chi connectivity index (χ2v) is 8.11. The van der Waals surface area contributed by atoms with Crippen LogP contribution in [-0.2, 0) is 22.6 Å². The number of nitrogens with one attached hydrogen (secondary N) is 3. The summed E-state index contributed by atoms with van der Waals surface area (Å²) in [5.41, 5.74) is 2.97. The summed E-state index contributed by atoms with van der Waals surface area (Å²) in [5, 5.41) is 6.72. The Bertz CT molecular complexity index is 1220. The second kappa shape index (κ2) is 8.85. The zero-order chi connectivity index (χ0) is 22.8. The normalized spacial score (nSPS) is 17.0. The maximum atomic E-state index is 12.7. The van der Waals surface area contributed by atoms with Gasteiger partial charge in [0, 0.05) is 30.1 Å². The summed E-state index contributed by atoms with van der Waals surface area (Å²) in [6.45, 7) is 0.796. The third-order valence-electron chi connectivity index (χ3n) is 5.94. The lowest BCUT2D eigenvalue weighted by atomic mass is 10.1. The summed E-state index contributed by atoms with van der Waals surface area (Å²) < 4.78 is 10.6. The number of urea groups is 1. The van der Waals surface area contributed by atoms with Crippen molar-refractivity contribution in [2.75, 3.05) is 13.3 Å². The van der Waals surface area contributed by atoms with Crippen molar-refractivity contribution >= 4 is 28.7 Å². The summed E-state index contributed by atoms with van der Waals surface area (Å²) >= 11 is 0. The number of hydrogen-bond donors (Lipinski definition) is 3. The van der Waals surface area contributed by atoms with E-state index in [1.807, 2.05) is 30.5 Å². The van der Waals surface area contributed by atoms with E-state index in [1.165, 1.54) is 0 Å². The molecule has 0 spiro atoms. The first-order valence-electron chi connectivity index (χ1n) is 10.9. The average molecular weight is 448 g/mol. The Morgan fingerprint density at radius 1 is 1.12 bits per heavy atom. The Balaban J connectivity index is 1.09. The van der Waals surface area contributed by atoms with Gasteiger partial charge in [0.15, 0.2) is 11.5 Å². The molecule has 170 valence electrons. The minimum atomic E-state index is -0.703. The van der Waals surface area contributed by atoms with E-state index in [4.69, 9.17) is 9.47 Å². The van der Waals surface area contributed by atoms with E-state index in [2.05, 4.69) is 15.6 Å². The molecule has 2 aliphatic rings. The molecule has 5 rings (SSSR count). The van der Waals surface area contributed by atoms with E-state index >= 15 is 0 Å². The first-order chi connectivity index (χ1) is 16.1. The van der Waals surface area contributed by atoms with Crippen LogP contribution in [0.3, 0.4) is 0 Å². The molecule has 9 nitrogen and oxygen atoms in total. The molecule has 0 unspecified atom stereocenters. The van der Waals surface area contributed by atoms with E-state index < -0.39 is 12.1 Å². The highest BCUT2D eigenvalue weighted by Gasteiger charge is 2.38. The van der Waals surface area contributed by atoms with Crippen molar-refractivity contribution in [1.29, 1.82) is 0 Å². The van der Waals surface area contributed by atoms with Gasteiger partial charge in [-0.05, 0) is 42.2 Å². The molecule has 4 amide bonds. The number of para-hydroxylation sites is 1. The van der Waals surface area contributed by atoms with Gasteiger partial charge in [0.1, 0.15) is 6.04 Å². The molecular weight excluding hydrogens is 424 g/mol. The van der Waals surface area contributed by atoms with Gasteiger partial charge in [-0.1, -0.05) is 24.3 Å². The molecular formula is C24H24N4O5. The number of rotatable bonds is 8. The van der Waals surface area contributed by atoms with Crippen molar-refractivity contribution in [3.8, 4) is 11.5 Å². The number of hydrogen-bond acceptors (Lipinski definition) is 5. The number of nitrogens with zero attached hydrogens (tertiary/aromatic N) is 1. The van der Waals surface area contributed by atoms with Gasteiger partial charge in [-0.3, -0.25) is 14.5 Å². The third kappa shape index (κ3) is 4.34. The average Bonchev–Trinajstić information content (AvgIpc) is 3.52. The molecule has 33 heavy (non-hydrogen) atoms. The summed E-state index contributed by atoms with van der Waals surface area (Å²) in [6.07, 6.45) is 3.07. The minimum absolute atomic E-state index is 0.134. The fourth-order valence-electron chi connectivity index (χ4n) is 4.18. The highest BCUT2D eigenvalue weighted by molar-refractivity contribution is 6.04. The number of carbonyl (C=O) groups is 3. The zero-order valence-corrected chi connectivity index (χ0v) is 17.9. The monoisotopic (exact) mass is 448 g/mol. The standard InChI is InChI=1S/C24H24N4O5/c29-22(25-10-9-16-12-26-18-4-2-1-3-17(16)18)8-6-19-23(30)28(24(31)27-19)13-15-5-7-20-21(11-15)33-14-32-20/h1-5,7,11-12,19,26H,6,8-10,13-14H2,(H,25,29)(H,27,31)/t19-/m0/s1. The van der Waals surface area contributed by atoms with E-state index in [0.29, 0.717) is 24.5 Å². The van der Waals surface area contributed by atoms with E-state index in [1.54, 1.807) is 18.2 Å². The van der Waals surface area contributed by atoms with Gasteiger partial charge in [-0.25, -0.2) is 4.79 Å². The first-order valence-corrected chi connectivity index (χ1v) is 10.9. The summed E-state index contributed by atoms with van der Waals surface area (Å²) in [7, 11) is 0. The zero-order valence-electron chi connectivity index (χ0n) is 17.9. The van der Waals surface area contributed by atoms with Crippen LogP contribution in [0.4, 0.5) is 4.79 Å². The maximum absolute atomic E-state index is 12.7. The lowest BCUT2D eigenvalue weighted by Gasteiger charge is -2.13. The second-order valence-electron chi connectivity index (χ2n) is 8.11. The van der Waals surface area contributed by atoms with Gasteiger partial charge in [-0.15, -0.1) is 0 Å². The molecule has 0 bridgehead atoms. The Kier molecular flexibility index (Phi) is 5.60. The molecule has 3 aromatic rings. The molecule has 0 saturated carbocycles. The Morgan fingerprint density at radius 2 is 1.97 bits per heavy atom. The number of carbonyl (C=O) groups excluding carboxylic acids is 3. The van der Waals surface area contributed by atoms with Gasteiger partial charge in [0.25, 0.3) is 5.91 Å². The number of fused-ring (bicyclic) bond motifs is 2. The number of imide groups is 1. The van der Waals surface area contributed by atoms with Gasteiger partial charge in [-0.2, -0.15) is 0 Å². The number of benzene rings is 2. The van der Waals surface area contributed by atoms with Crippen LogP contribution in [0.15, 0.2) is 48.7 Å². The number of ether oxygens (including phenoxy) is 2. The smallest absolute Gasteiger partial charge is 0.325 e. The topological polar surface area (TPSA) is 113 Å². The fourth-order valence-corrected chi connectivity index (χ4v) is 4.18. The van der Waals surface area contributed by atoms with Crippen molar-refractivity contribution in [1.82, 2.24) is 20.5 Å². The van der Waals surface area contributed by atoms with Crippen LogP contribution in [0.1, 0.15) is 24.0 Å². The van der Waals surface area contributed by atoms with Crippen molar-refractivity contribution in [2.24, 2.45) is 0 Å². The van der Waals surface area contributed by atoms with E-state index in [-0.39, 0.29) is 38.0 Å². The Labute approximate surface area is 190 Å². The maximum Gasteiger partial charge on any atom is 0.325 e. The predicted octanol–water partition coefficient (Wildman–Crippen LogP) is 2.46. The lowest BCUT2D eigenvalue weighted by Crippen LogP contribution is -2.33. The summed E-state index contributed by atoms with van der Waals surface area (Å²) in [4.78, 5) is 41.7. The van der Waals surface area contributed by atoms with Gasteiger partial charge in [0.2, 0.25) is 12.7 Å². The minimum Gasteiger partial charge on any atom is -0.454 e. The summed E-state index contributed by atoms with van der Waals surface area (Å²) in [6, 6.07) is 12.2. The SMILES string of the molecule is O=C(CC[C@@H]1NC(=O)N(Cc2ccc3c(c2)OCO3)C1=O)NCCc1c[nH]c2ccccc12. The number of aromatic amines is 1. The van der Waals surface area contributed by atoms with Crippen LogP contribution in [0, 0.1) is 0 Å². The first kappa shape index (κ1) is 20.9.